The van der Waals surface area contributed by atoms with Crippen LogP contribution in [0.15, 0.2) is 4.99 Å². The fourth-order valence-electron chi connectivity index (χ4n) is 3.19. The Morgan fingerprint density at radius 2 is 2.35 bits per heavy atom. The number of aliphatic imine (C=N–C) groups is 1. The lowest BCUT2D eigenvalue weighted by molar-refractivity contribution is 0.128. The Bertz CT molecular complexity index is 349. The van der Waals surface area contributed by atoms with Gasteiger partial charge in [-0.3, -0.25) is 4.99 Å². The zero-order valence-corrected chi connectivity index (χ0v) is 12.6. The quantitative estimate of drug-likeness (QED) is 0.466. The molecular formula is C15H27N3O2. The Kier molecular flexibility index (Phi) is 4.46. The smallest absolute Gasteiger partial charge is 0.193 e. The van der Waals surface area contributed by atoms with Crippen LogP contribution in [0.1, 0.15) is 25.7 Å². The van der Waals surface area contributed by atoms with E-state index in [-0.39, 0.29) is 0 Å². The molecule has 3 fully saturated rings. The van der Waals surface area contributed by atoms with Crippen molar-refractivity contribution in [3.63, 3.8) is 0 Å². The Labute approximate surface area is 121 Å². The molecule has 114 valence electrons. The number of rotatable bonds is 5. The molecule has 0 amide bonds. The van der Waals surface area contributed by atoms with Crippen molar-refractivity contribution in [1.29, 1.82) is 0 Å². The van der Waals surface area contributed by atoms with Crippen LogP contribution in [-0.4, -0.2) is 64.0 Å². The SMILES string of the molecule is CN=C(NCCOCC1CC1)N1CCC2(CCOC2)C1. The van der Waals surface area contributed by atoms with E-state index in [2.05, 4.69) is 15.2 Å². The van der Waals surface area contributed by atoms with Crippen LogP contribution in [0, 0.1) is 11.3 Å². The standard InChI is InChI=1S/C15H27N3O2/c1-16-14(17-6-9-19-10-13-2-3-13)18-7-4-15(11-18)5-8-20-12-15/h13H,2-12H2,1H3,(H,16,17). The third-order valence-electron chi connectivity index (χ3n) is 4.71. The summed E-state index contributed by atoms with van der Waals surface area (Å²) in [4.78, 5) is 6.78. The normalized spacial score (nSPS) is 30.4. The van der Waals surface area contributed by atoms with Gasteiger partial charge in [0, 0.05) is 45.3 Å². The molecule has 0 aromatic heterocycles. The van der Waals surface area contributed by atoms with Gasteiger partial charge in [-0.25, -0.2) is 0 Å². The molecule has 2 aliphatic heterocycles. The van der Waals surface area contributed by atoms with Crippen molar-refractivity contribution in [2.45, 2.75) is 25.7 Å². The molecule has 1 atom stereocenters. The second kappa shape index (κ2) is 6.31. The molecule has 0 bridgehead atoms. The fourth-order valence-corrected chi connectivity index (χ4v) is 3.19. The molecular weight excluding hydrogens is 254 g/mol. The van der Waals surface area contributed by atoms with Gasteiger partial charge in [-0.15, -0.1) is 0 Å². The molecule has 1 spiro atoms. The Morgan fingerprint density at radius 3 is 3.05 bits per heavy atom. The minimum atomic E-state index is 0.389. The number of ether oxygens (including phenoxy) is 2. The van der Waals surface area contributed by atoms with E-state index < -0.39 is 0 Å². The van der Waals surface area contributed by atoms with E-state index in [1.54, 1.807) is 0 Å². The number of likely N-dealkylation sites (tertiary alicyclic amines) is 1. The molecule has 2 heterocycles. The van der Waals surface area contributed by atoms with Crippen molar-refractivity contribution < 1.29 is 9.47 Å². The maximum absolute atomic E-state index is 5.65. The Hall–Kier alpha value is -0.810. The predicted molar refractivity (Wildman–Crippen MR) is 79.0 cm³/mol. The maximum Gasteiger partial charge on any atom is 0.193 e. The number of nitrogens with one attached hydrogen (secondary N) is 1. The molecule has 20 heavy (non-hydrogen) atoms. The van der Waals surface area contributed by atoms with Crippen molar-refractivity contribution in [2.75, 3.05) is 53.1 Å². The number of nitrogens with zero attached hydrogens (tertiary/aromatic N) is 2. The first-order valence-electron chi connectivity index (χ1n) is 7.92. The van der Waals surface area contributed by atoms with Crippen molar-refractivity contribution in [3.05, 3.63) is 0 Å². The predicted octanol–water partition coefficient (Wildman–Crippen LogP) is 1.10. The highest BCUT2D eigenvalue weighted by Crippen LogP contribution is 2.38. The summed E-state index contributed by atoms with van der Waals surface area (Å²) in [6.45, 7) is 6.57. The van der Waals surface area contributed by atoms with E-state index in [0.717, 1.165) is 57.9 Å². The third kappa shape index (κ3) is 3.44. The largest absolute Gasteiger partial charge is 0.381 e. The minimum absolute atomic E-state index is 0.389. The first kappa shape index (κ1) is 14.1. The van der Waals surface area contributed by atoms with E-state index in [1.807, 2.05) is 7.05 Å². The molecule has 1 saturated carbocycles. The van der Waals surface area contributed by atoms with Gasteiger partial charge in [0.15, 0.2) is 5.96 Å². The first-order chi connectivity index (χ1) is 9.81. The van der Waals surface area contributed by atoms with Crippen LogP contribution in [0.5, 0.6) is 0 Å². The molecule has 1 unspecified atom stereocenters. The molecule has 2 saturated heterocycles. The van der Waals surface area contributed by atoms with Crippen LogP contribution in [0.3, 0.4) is 0 Å². The highest BCUT2D eigenvalue weighted by molar-refractivity contribution is 5.80. The van der Waals surface area contributed by atoms with Gasteiger partial charge in [-0.2, -0.15) is 0 Å². The van der Waals surface area contributed by atoms with Gasteiger partial charge in [0.1, 0.15) is 0 Å². The molecule has 1 aliphatic carbocycles. The highest BCUT2D eigenvalue weighted by Gasteiger charge is 2.42. The average Bonchev–Trinajstić information content (AvgIpc) is 3.03. The van der Waals surface area contributed by atoms with Crippen LogP contribution >= 0.6 is 0 Å². The van der Waals surface area contributed by atoms with Crippen LogP contribution in [0.4, 0.5) is 0 Å². The van der Waals surface area contributed by atoms with Gasteiger partial charge >= 0.3 is 0 Å². The van der Waals surface area contributed by atoms with Crippen LogP contribution in [0.25, 0.3) is 0 Å². The molecule has 0 radical (unpaired) electrons. The van der Waals surface area contributed by atoms with Gasteiger partial charge < -0.3 is 19.7 Å². The summed E-state index contributed by atoms with van der Waals surface area (Å²) in [5.74, 6) is 1.86. The summed E-state index contributed by atoms with van der Waals surface area (Å²) >= 11 is 0. The summed E-state index contributed by atoms with van der Waals surface area (Å²) < 4.78 is 11.2. The summed E-state index contributed by atoms with van der Waals surface area (Å²) in [6.07, 6.45) is 5.14. The van der Waals surface area contributed by atoms with E-state index in [1.165, 1.54) is 25.7 Å². The monoisotopic (exact) mass is 281 g/mol. The molecule has 1 N–H and O–H groups in total. The van der Waals surface area contributed by atoms with Gasteiger partial charge in [0.05, 0.1) is 13.2 Å². The van der Waals surface area contributed by atoms with Crippen molar-refractivity contribution in [3.8, 4) is 0 Å². The summed E-state index contributed by atoms with van der Waals surface area (Å²) in [5.41, 5.74) is 0.389. The highest BCUT2D eigenvalue weighted by atomic mass is 16.5. The third-order valence-corrected chi connectivity index (χ3v) is 4.71. The van der Waals surface area contributed by atoms with Crippen molar-refractivity contribution >= 4 is 5.96 Å². The van der Waals surface area contributed by atoms with E-state index in [0.29, 0.717) is 5.41 Å². The van der Waals surface area contributed by atoms with E-state index in [4.69, 9.17) is 9.47 Å². The average molecular weight is 281 g/mol. The van der Waals surface area contributed by atoms with Crippen molar-refractivity contribution in [2.24, 2.45) is 16.3 Å². The zero-order valence-electron chi connectivity index (χ0n) is 12.6. The zero-order chi connectivity index (χ0) is 13.8. The van der Waals surface area contributed by atoms with Gasteiger partial charge in [0.25, 0.3) is 0 Å². The molecule has 5 heteroatoms. The van der Waals surface area contributed by atoms with Crippen LogP contribution in [-0.2, 0) is 9.47 Å². The van der Waals surface area contributed by atoms with E-state index in [9.17, 15) is 0 Å². The van der Waals surface area contributed by atoms with Crippen LogP contribution in [0.2, 0.25) is 0 Å². The topological polar surface area (TPSA) is 46.1 Å². The molecule has 5 nitrogen and oxygen atoms in total. The van der Waals surface area contributed by atoms with Gasteiger partial charge in [0.2, 0.25) is 0 Å². The molecule has 0 aromatic carbocycles. The number of hydrogen-bond donors (Lipinski definition) is 1. The Balaban J connectivity index is 1.38. The first-order valence-corrected chi connectivity index (χ1v) is 7.92. The van der Waals surface area contributed by atoms with Crippen LogP contribution < -0.4 is 5.32 Å². The van der Waals surface area contributed by atoms with E-state index >= 15 is 0 Å². The number of hydrogen-bond acceptors (Lipinski definition) is 3. The van der Waals surface area contributed by atoms with Crippen molar-refractivity contribution in [1.82, 2.24) is 10.2 Å². The molecule has 0 aromatic rings. The second-order valence-electron chi connectivity index (χ2n) is 6.47. The summed E-state index contributed by atoms with van der Waals surface area (Å²) in [6, 6.07) is 0. The summed E-state index contributed by atoms with van der Waals surface area (Å²) in [7, 11) is 1.86. The lowest BCUT2D eigenvalue weighted by Gasteiger charge is -2.24. The minimum Gasteiger partial charge on any atom is -0.381 e. The maximum atomic E-state index is 5.65. The fraction of sp³-hybridized carbons (Fsp3) is 0.933. The lowest BCUT2D eigenvalue weighted by atomic mass is 9.87. The molecule has 3 rings (SSSR count). The lowest BCUT2D eigenvalue weighted by Crippen LogP contribution is -2.42. The van der Waals surface area contributed by atoms with Gasteiger partial charge in [-0.1, -0.05) is 0 Å². The van der Waals surface area contributed by atoms with Gasteiger partial charge in [-0.05, 0) is 31.6 Å². The number of guanidine groups is 1. The summed E-state index contributed by atoms with van der Waals surface area (Å²) in [5, 5.41) is 3.42. The second-order valence-corrected chi connectivity index (χ2v) is 6.47. The molecule has 3 aliphatic rings. The Morgan fingerprint density at radius 1 is 1.45 bits per heavy atom.